The third kappa shape index (κ3) is 4.28. The number of methoxy groups -OCH3 is 1. The SMILES string of the molecule is COc1ccc(/C=N/N=C2/SC(C)C(=O)N2Cc2ccccc2)cc1. The van der Waals surface area contributed by atoms with Crippen molar-refractivity contribution in [2.45, 2.75) is 18.7 Å². The number of rotatable bonds is 5. The minimum absolute atomic E-state index is 0.0623. The van der Waals surface area contributed by atoms with Crippen molar-refractivity contribution in [3.8, 4) is 5.75 Å². The Hall–Kier alpha value is -2.60. The van der Waals surface area contributed by atoms with Gasteiger partial charge in [0.15, 0.2) is 5.17 Å². The summed E-state index contributed by atoms with van der Waals surface area (Å²) in [5, 5.41) is 8.90. The van der Waals surface area contributed by atoms with Crippen molar-refractivity contribution >= 4 is 29.1 Å². The molecule has 25 heavy (non-hydrogen) atoms. The standard InChI is InChI=1S/C19H19N3O2S/c1-14-18(23)22(13-16-6-4-3-5-7-16)19(25-14)21-20-12-15-8-10-17(24-2)11-9-15/h3-12,14H,13H2,1-2H3/b20-12+,21-19+. The van der Waals surface area contributed by atoms with Crippen LogP contribution in [-0.2, 0) is 11.3 Å². The molecule has 0 saturated carbocycles. The fourth-order valence-electron chi connectivity index (χ4n) is 2.41. The fourth-order valence-corrected chi connectivity index (χ4v) is 3.33. The van der Waals surface area contributed by atoms with Gasteiger partial charge in [-0.3, -0.25) is 9.69 Å². The van der Waals surface area contributed by atoms with Crippen molar-refractivity contribution in [3.05, 3.63) is 65.7 Å². The third-order valence-electron chi connectivity index (χ3n) is 3.78. The van der Waals surface area contributed by atoms with Crippen LogP contribution in [0.1, 0.15) is 18.1 Å². The molecule has 1 fully saturated rings. The predicted octanol–water partition coefficient (Wildman–Crippen LogP) is 3.55. The number of thioether (sulfide) groups is 1. The molecule has 5 nitrogen and oxygen atoms in total. The maximum absolute atomic E-state index is 12.4. The molecule has 3 rings (SSSR count). The van der Waals surface area contributed by atoms with Gasteiger partial charge in [-0.2, -0.15) is 5.10 Å². The number of ether oxygens (including phenoxy) is 1. The maximum Gasteiger partial charge on any atom is 0.242 e. The molecule has 0 aromatic heterocycles. The van der Waals surface area contributed by atoms with Crippen molar-refractivity contribution in [1.29, 1.82) is 0 Å². The number of carbonyl (C=O) groups excluding carboxylic acids is 1. The molecule has 0 radical (unpaired) electrons. The van der Waals surface area contributed by atoms with E-state index in [0.717, 1.165) is 16.9 Å². The van der Waals surface area contributed by atoms with E-state index < -0.39 is 0 Å². The molecule has 0 aliphatic carbocycles. The highest BCUT2D eigenvalue weighted by Gasteiger charge is 2.35. The van der Waals surface area contributed by atoms with Crippen LogP contribution in [-0.4, -0.2) is 34.5 Å². The Morgan fingerprint density at radius 3 is 2.56 bits per heavy atom. The first-order valence-electron chi connectivity index (χ1n) is 7.94. The van der Waals surface area contributed by atoms with Gasteiger partial charge in [-0.15, -0.1) is 5.10 Å². The lowest BCUT2D eigenvalue weighted by molar-refractivity contribution is -0.126. The minimum atomic E-state index is -0.140. The molecule has 128 valence electrons. The molecule has 0 N–H and O–H groups in total. The summed E-state index contributed by atoms with van der Waals surface area (Å²) in [6.45, 7) is 2.40. The van der Waals surface area contributed by atoms with Crippen LogP contribution in [0.4, 0.5) is 0 Å². The normalized spacial score (nSPS) is 19.1. The van der Waals surface area contributed by atoms with Crippen LogP contribution < -0.4 is 4.74 Å². The van der Waals surface area contributed by atoms with Gasteiger partial charge >= 0.3 is 0 Å². The molecule has 1 amide bonds. The average molecular weight is 353 g/mol. The minimum Gasteiger partial charge on any atom is -0.497 e. The highest BCUT2D eigenvalue weighted by Crippen LogP contribution is 2.28. The summed E-state index contributed by atoms with van der Waals surface area (Å²) in [5.74, 6) is 0.857. The number of carbonyl (C=O) groups is 1. The monoisotopic (exact) mass is 353 g/mol. The molecule has 1 atom stereocenters. The first-order valence-corrected chi connectivity index (χ1v) is 8.82. The second-order valence-corrected chi connectivity index (χ2v) is 6.88. The van der Waals surface area contributed by atoms with Crippen LogP contribution in [0.15, 0.2) is 64.8 Å². The Kier molecular flexibility index (Phi) is 5.50. The van der Waals surface area contributed by atoms with Gasteiger partial charge in [-0.1, -0.05) is 42.1 Å². The average Bonchev–Trinajstić information content (AvgIpc) is 2.91. The Balaban J connectivity index is 1.74. The smallest absolute Gasteiger partial charge is 0.242 e. The van der Waals surface area contributed by atoms with E-state index in [1.54, 1.807) is 18.2 Å². The largest absolute Gasteiger partial charge is 0.497 e. The van der Waals surface area contributed by atoms with Crippen molar-refractivity contribution in [1.82, 2.24) is 4.90 Å². The summed E-state index contributed by atoms with van der Waals surface area (Å²) in [7, 11) is 1.63. The van der Waals surface area contributed by atoms with Crippen LogP contribution in [0.5, 0.6) is 5.75 Å². The highest BCUT2D eigenvalue weighted by molar-refractivity contribution is 8.15. The zero-order chi connectivity index (χ0) is 17.6. The Labute approximate surface area is 151 Å². The molecule has 6 heteroatoms. The van der Waals surface area contributed by atoms with E-state index in [0.29, 0.717) is 11.7 Å². The summed E-state index contributed by atoms with van der Waals surface area (Å²) < 4.78 is 5.13. The summed E-state index contributed by atoms with van der Waals surface area (Å²) in [5.41, 5.74) is 1.99. The molecule has 1 heterocycles. The number of amidine groups is 1. The maximum atomic E-state index is 12.4. The third-order valence-corrected chi connectivity index (χ3v) is 4.84. The fraction of sp³-hybridized carbons (Fsp3) is 0.211. The van der Waals surface area contributed by atoms with Gasteiger partial charge in [-0.25, -0.2) is 0 Å². The number of amides is 1. The van der Waals surface area contributed by atoms with Crippen LogP contribution in [0, 0.1) is 0 Å². The van der Waals surface area contributed by atoms with Crippen molar-refractivity contribution in [3.63, 3.8) is 0 Å². The molecule has 2 aromatic carbocycles. The number of benzene rings is 2. The summed E-state index contributed by atoms with van der Waals surface area (Å²) in [4.78, 5) is 14.1. The molecule has 0 bridgehead atoms. The lowest BCUT2D eigenvalue weighted by Gasteiger charge is -2.15. The van der Waals surface area contributed by atoms with Crippen LogP contribution in [0.2, 0.25) is 0 Å². The molecule has 1 aliphatic heterocycles. The van der Waals surface area contributed by atoms with Gasteiger partial charge in [0.25, 0.3) is 0 Å². The van der Waals surface area contributed by atoms with E-state index in [1.165, 1.54) is 11.8 Å². The van der Waals surface area contributed by atoms with Crippen LogP contribution in [0.25, 0.3) is 0 Å². The molecular formula is C19H19N3O2S. The van der Waals surface area contributed by atoms with Gasteiger partial charge in [0.1, 0.15) is 5.75 Å². The summed E-state index contributed by atoms with van der Waals surface area (Å²) in [6.07, 6.45) is 1.67. The molecular weight excluding hydrogens is 334 g/mol. The molecule has 1 saturated heterocycles. The molecule has 1 unspecified atom stereocenters. The van der Waals surface area contributed by atoms with Crippen molar-refractivity contribution in [2.75, 3.05) is 7.11 Å². The summed E-state index contributed by atoms with van der Waals surface area (Å²) >= 11 is 1.43. The zero-order valence-electron chi connectivity index (χ0n) is 14.1. The Morgan fingerprint density at radius 1 is 1.16 bits per heavy atom. The van der Waals surface area contributed by atoms with Crippen molar-refractivity contribution in [2.24, 2.45) is 10.2 Å². The Morgan fingerprint density at radius 2 is 1.88 bits per heavy atom. The van der Waals surface area contributed by atoms with E-state index in [-0.39, 0.29) is 11.2 Å². The highest BCUT2D eigenvalue weighted by atomic mass is 32.2. The summed E-state index contributed by atoms with van der Waals surface area (Å²) in [6, 6.07) is 17.4. The van der Waals surface area contributed by atoms with Gasteiger partial charge < -0.3 is 4.74 Å². The predicted molar refractivity (Wildman–Crippen MR) is 102 cm³/mol. The van der Waals surface area contributed by atoms with Gasteiger partial charge in [-0.05, 0) is 42.3 Å². The number of hydrogen-bond donors (Lipinski definition) is 0. The zero-order valence-corrected chi connectivity index (χ0v) is 14.9. The van der Waals surface area contributed by atoms with Crippen LogP contribution in [0.3, 0.4) is 0 Å². The van der Waals surface area contributed by atoms with E-state index in [1.807, 2.05) is 61.5 Å². The molecule has 0 spiro atoms. The quantitative estimate of drug-likeness (QED) is 0.610. The molecule has 2 aromatic rings. The second kappa shape index (κ2) is 7.98. The van der Waals surface area contributed by atoms with Gasteiger partial charge in [0, 0.05) is 0 Å². The first kappa shape index (κ1) is 17.2. The molecule has 1 aliphatic rings. The van der Waals surface area contributed by atoms with Gasteiger partial charge in [0.05, 0.1) is 25.1 Å². The topological polar surface area (TPSA) is 54.3 Å². The number of hydrogen-bond acceptors (Lipinski definition) is 5. The first-order chi connectivity index (χ1) is 12.2. The second-order valence-electron chi connectivity index (χ2n) is 5.57. The van der Waals surface area contributed by atoms with Crippen LogP contribution >= 0.6 is 11.8 Å². The van der Waals surface area contributed by atoms with E-state index in [2.05, 4.69) is 10.2 Å². The Bertz CT molecular complexity index is 788. The van der Waals surface area contributed by atoms with E-state index in [4.69, 9.17) is 4.74 Å². The van der Waals surface area contributed by atoms with Gasteiger partial charge in [0.2, 0.25) is 5.91 Å². The van der Waals surface area contributed by atoms with E-state index >= 15 is 0 Å². The van der Waals surface area contributed by atoms with Crippen molar-refractivity contribution < 1.29 is 9.53 Å². The van der Waals surface area contributed by atoms with E-state index in [9.17, 15) is 4.79 Å². The lowest BCUT2D eigenvalue weighted by atomic mass is 10.2. The lowest BCUT2D eigenvalue weighted by Crippen LogP contribution is -2.30. The number of nitrogens with zero attached hydrogens (tertiary/aromatic N) is 3.